The topological polar surface area (TPSA) is 201 Å². The van der Waals surface area contributed by atoms with E-state index in [4.69, 9.17) is 4.74 Å². The standard InChI is InChI=1S/C33H60N6O9/c1-9-12-14-24(4)16-32(5,6)48-31(46)37-19-26(41)36-20-29(44)39(22-30(45)47-8)21-28(43)35-17-25(40)34-18-27(42)38-23-33(7,11-3)15-13-10-2/h24H,9-23H2,1-8H3,(H,34,40)(H,35,43)(H,36,41)(H,37,46)(H,38,42). The van der Waals surface area contributed by atoms with Crippen LogP contribution in [0.4, 0.5) is 4.79 Å². The molecule has 6 amide bonds. The Kier molecular flexibility index (Phi) is 21.5. The second-order valence-electron chi connectivity index (χ2n) is 13.2. The van der Waals surface area contributed by atoms with Crippen LogP contribution < -0.4 is 26.6 Å². The van der Waals surface area contributed by atoms with Gasteiger partial charge in [-0.15, -0.1) is 0 Å². The molecule has 0 fully saturated rings. The summed E-state index contributed by atoms with van der Waals surface area (Å²) in [6.45, 7) is 11.6. The van der Waals surface area contributed by atoms with Gasteiger partial charge in [-0.05, 0) is 44.4 Å². The molecule has 2 unspecified atom stereocenters. The maximum absolute atomic E-state index is 12.8. The lowest BCUT2D eigenvalue weighted by molar-refractivity contribution is -0.148. The smallest absolute Gasteiger partial charge is 0.408 e. The fraction of sp³-hybridized carbons (Fsp3) is 0.788. The number of hydrogen-bond acceptors (Lipinski definition) is 9. The Morgan fingerprint density at radius 1 is 0.708 bits per heavy atom. The number of carbonyl (C=O) groups is 7. The van der Waals surface area contributed by atoms with Crippen molar-refractivity contribution in [2.45, 2.75) is 105 Å². The minimum absolute atomic E-state index is 0.0335. The SMILES string of the molecule is CCCCC(C)CC(C)(C)OC(=O)NCC(=O)NCC(=O)N(CC(=O)NCC(=O)NCC(=O)NCC(C)(CC)CCCC)CC(=O)OC. The number of alkyl carbamates (subject to hydrolysis) is 1. The van der Waals surface area contributed by atoms with E-state index in [2.05, 4.69) is 65.9 Å². The number of esters is 1. The van der Waals surface area contributed by atoms with Crippen LogP contribution in [-0.2, 0) is 38.2 Å². The molecular weight excluding hydrogens is 624 g/mol. The van der Waals surface area contributed by atoms with Crippen LogP contribution >= 0.6 is 0 Å². The Morgan fingerprint density at radius 2 is 1.25 bits per heavy atom. The number of ether oxygens (including phenoxy) is 2. The first-order valence-corrected chi connectivity index (χ1v) is 16.9. The molecule has 0 aromatic carbocycles. The van der Waals surface area contributed by atoms with Crippen LogP contribution in [0.1, 0.15) is 99.8 Å². The van der Waals surface area contributed by atoms with Crippen LogP contribution in [0.25, 0.3) is 0 Å². The third kappa shape index (κ3) is 21.1. The van der Waals surface area contributed by atoms with Gasteiger partial charge in [0, 0.05) is 6.54 Å². The van der Waals surface area contributed by atoms with Crippen molar-refractivity contribution in [2.75, 3.05) is 52.9 Å². The molecule has 15 heteroatoms. The maximum Gasteiger partial charge on any atom is 0.408 e. The minimum atomic E-state index is -0.809. The average molecular weight is 685 g/mol. The van der Waals surface area contributed by atoms with Gasteiger partial charge in [-0.3, -0.25) is 28.8 Å². The summed E-state index contributed by atoms with van der Waals surface area (Å²) in [4.78, 5) is 86.9. The zero-order chi connectivity index (χ0) is 36.8. The molecule has 0 saturated heterocycles. The van der Waals surface area contributed by atoms with Crippen LogP contribution in [-0.4, -0.2) is 105 Å². The van der Waals surface area contributed by atoms with E-state index in [9.17, 15) is 33.6 Å². The number of hydrogen-bond donors (Lipinski definition) is 5. The summed E-state index contributed by atoms with van der Waals surface area (Å²) < 4.78 is 10.0. The first-order valence-electron chi connectivity index (χ1n) is 16.9. The van der Waals surface area contributed by atoms with Gasteiger partial charge in [-0.1, -0.05) is 66.7 Å². The van der Waals surface area contributed by atoms with Gasteiger partial charge in [-0.2, -0.15) is 0 Å². The normalized spacial score (nSPS) is 12.8. The third-order valence-electron chi connectivity index (χ3n) is 7.92. The summed E-state index contributed by atoms with van der Waals surface area (Å²) in [5.74, 6) is -3.67. The highest BCUT2D eigenvalue weighted by molar-refractivity contribution is 5.93. The highest BCUT2D eigenvalue weighted by Gasteiger charge is 2.26. The van der Waals surface area contributed by atoms with Crippen molar-refractivity contribution in [2.24, 2.45) is 11.3 Å². The molecule has 15 nitrogen and oxygen atoms in total. The van der Waals surface area contributed by atoms with Crippen LogP contribution in [0.15, 0.2) is 0 Å². The molecule has 0 bridgehead atoms. The molecule has 0 radical (unpaired) electrons. The fourth-order valence-corrected chi connectivity index (χ4v) is 4.79. The molecule has 0 aliphatic carbocycles. The molecule has 0 aliphatic rings. The predicted molar refractivity (Wildman–Crippen MR) is 180 cm³/mol. The molecule has 0 aromatic rings. The largest absolute Gasteiger partial charge is 0.468 e. The molecule has 0 spiro atoms. The van der Waals surface area contributed by atoms with Gasteiger partial charge in [-0.25, -0.2) is 4.79 Å². The number of nitrogens with zero attached hydrogens (tertiary/aromatic N) is 1. The zero-order valence-electron chi connectivity index (χ0n) is 30.3. The number of amides is 6. The van der Waals surface area contributed by atoms with E-state index < -0.39 is 74.0 Å². The first kappa shape index (κ1) is 44.1. The van der Waals surface area contributed by atoms with Gasteiger partial charge in [0.1, 0.15) is 25.2 Å². The number of carbonyl (C=O) groups excluding carboxylic acids is 7. The Labute approximate surface area is 285 Å². The summed E-state index contributed by atoms with van der Waals surface area (Å²) in [6.07, 6.45) is 7.06. The lowest BCUT2D eigenvalue weighted by Crippen LogP contribution is -2.49. The van der Waals surface area contributed by atoms with E-state index in [1.807, 2.05) is 0 Å². The lowest BCUT2D eigenvalue weighted by Gasteiger charge is -2.28. The van der Waals surface area contributed by atoms with Gasteiger partial charge in [0.2, 0.25) is 29.5 Å². The maximum atomic E-state index is 12.8. The predicted octanol–water partition coefficient (Wildman–Crippen LogP) is 1.78. The summed E-state index contributed by atoms with van der Waals surface area (Å²) in [5.41, 5.74) is -0.771. The number of unbranched alkanes of at least 4 members (excludes halogenated alkanes) is 2. The fourth-order valence-electron chi connectivity index (χ4n) is 4.79. The Bertz CT molecular complexity index is 1070. The zero-order valence-corrected chi connectivity index (χ0v) is 30.3. The van der Waals surface area contributed by atoms with Crippen LogP contribution in [0.2, 0.25) is 0 Å². The molecule has 0 rings (SSSR count). The Morgan fingerprint density at radius 3 is 1.81 bits per heavy atom. The highest BCUT2D eigenvalue weighted by Crippen LogP contribution is 2.27. The quantitative estimate of drug-likeness (QED) is 0.0940. The Hall–Kier alpha value is -3.91. The second-order valence-corrected chi connectivity index (χ2v) is 13.2. The molecule has 48 heavy (non-hydrogen) atoms. The lowest BCUT2D eigenvalue weighted by atomic mass is 9.82. The van der Waals surface area contributed by atoms with Crippen molar-refractivity contribution in [3.63, 3.8) is 0 Å². The van der Waals surface area contributed by atoms with Gasteiger partial charge in [0.15, 0.2) is 0 Å². The summed E-state index contributed by atoms with van der Waals surface area (Å²) in [5, 5.41) is 12.3. The summed E-state index contributed by atoms with van der Waals surface area (Å²) >= 11 is 0. The van der Waals surface area contributed by atoms with Gasteiger partial charge in [0.25, 0.3) is 0 Å². The van der Waals surface area contributed by atoms with Crippen molar-refractivity contribution >= 4 is 41.6 Å². The Balaban J connectivity index is 4.73. The first-order chi connectivity index (χ1) is 22.5. The van der Waals surface area contributed by atoms with Crippen LogP contribution in [0.3, 0.4) is 0 Å². The number of nitrogens with one attached hydrogen (secondary N) is 5. The average Bonchev–Trinajstić information content (AvgIpc) is 3.03. The summed E-state index contributed by atoms with van der Waals surface area (Å²) in [6, 6.07) is 0. The van der Waals surface area contributed by atoms with Crippen molar-refractivity contribution in [3.8, 4) is 0 Å². The molecule has 0 aromatic heterocycles. The van der Waals surface area contributed by atoms with Gasteiger partial charge < -0.3 is 41.0 Å². The molecular formula is C33H60N6O9. The highest BCUT2D eigenvalue weighted by atomic mass is 16.6. The van der Waals surface area contributed by atoms with E-state index in [0.717, 1.165) is 57.0 Å². The number of methoxy groups -OCH3 is 1. The molecule has 0 aliphatic heterocycles. The monoisotopic (exact) mass is 684 g/mol. The molecule has 0 saturated carbocycles. The van der Waals surface area contributed by atoms with Crippen LogP contribution in [0, 0.1) is 11.3 Å². The molecule has 5 N–H and O–H groups in total. The van der Waals surface area contributed by atoms with Crippen LogP contribution in [0.5, 0.6) is 0 Å². The van der Waals surface area contributed by atoms with Crippen molar-refractivity contribution in [1.29, 1.82) is 0 Å². The van der Waals surface area contributed by atoms with Gasteiger partial charge in [0.05, 0.1) is 26.7 Å². The summed E-state index contributed by atoms with van der Waals surface area (Å²) in [7, 11) is 1.11. The van der Waals surface area contributed by atoms with Gasteiger partial charge >= 0.3 is 12.1 Å². The van der Waals surface area contributed by atoms with Crippen molar-refractivity contribution in [3.05, 3.63) is 0 Å². The second kappa shape index (κ2) is 23.4. The van der Waals surface area contributed by atoms with E-state index in [1.165, 1.54) is 0 Å². The van der Waals surface area contributed by atoms with E-state index in [-0.39, 0.29) is 17.9 Å². The van der Waals surface area contributed by atoms with E-state index in [0.29, 0.717) is 18.9 Å². The number of rotatable bonds is 24. The molecule has 276 valence electrons. The van der Waals surface area contributed by atoms with E-state index in [1.54, 1.807) is 13.8 Å². The molecule has 0 heterocycles. The third-order valence-corrected chi connectivity index (χ3v) is 7.92. The minimum Gasteiger partial charge on any atom is -0.468 e. The van der Waals surface area contributed by atoms with E-state index >= 15 is 0 Å². The van der Waals surface area contributed by atoms with Crippen molar-refractivity contribution in [1.82, 2.24) is 31.5 Å². The van der Waals surface area contributed by atoms with Crippen molar-refractivity contribution < 1.29 is 43.0 Å². The molecule has 2 atom stereocenters.